The van der Waals surface area contributed by atoms with E-state index in [0.29, 0.717) is 19.0 Å². The van der Waals surface area contributed by atoms with E-state index in [9.17, 15) is 13.2 Å². The van der Waals surface area contributed by atoms with E-state index in [1.54, 1.807) is 25.4 Å². The maximum Gasteiger partial charge on any atom is 0.422 e. The fourth-order valence-electron chi connectivity index (χ4n) is 2.39. The lowest BCUT2D eigenvalue weighted by Gasteiger charge is -2.15. The molecule has 0 saturated carbocycles. The lowest BCUT2D eigenvalue weighted by Crippen LogP contribution is -2.37. The van der Waals surface area contributed by atoms with Crippen LogP contribution in [-0.4, -0.2) is 49.2 Å². The number of hydrogen-bond acceptors (Lipinski definition) is 4. The number of halogens is 4. The van der Waals surface area contributed by atoms with Crippen LogP contribution < -0.4 is 20.1 Å². The first-order chi connectivity index (χ1) is 13.4. The summed E-state index contributed by atoms with van der Waals surface area (Å²) in [6.07, 6.45) is 0.117. The van der Waals surface area contributed by atoms with Crippen LogP contribution in [-0.2, 0) is 13.1 Å². The van der Waals surface area contributed by atoms with Gasteiger partial charge in [0.1, 0.15) is 0 Å². The summed E-state index contributed by atoms with van der Waals surface area (Å²) in [7, 11) is 3.05. The molecule has 1 aromatic carbocycles. The average molecular weight is 527 g/mol. The standard InChI is InChI=1S/C18H24F3N5O2.HI/c1-22-17(23-7-3-9-26-10-4-8-25-26)24-12-14-5-6-15(16(11-14)27-2)28-13-18(19,20)21;/h4-6,8,10-11H,3,7,9,12-13H2,1-2H3,(H2,22,23,24);1H. The molecule has 0 amide bonds. The molecule has 2 aromatic rings. The molecule has 0 atom stereocenters. The van der Waals surface area contributed by atoms with Gasteiger partial charge in [0.25, 0.3) is 0 Å². The van der Waals surface area contributed by atoms with Gasteiger partial charge in [0.05, 0.1) is 7.11 Å². The Kier molecular flexibility index (Phi) is 10.6. The molecule has 0 radical (unpaired) electrons. The van der Waals surface area contributed by atoms with E-state index in [-0.39, 0.29) is 35.5 Å². The second-order valence-corrected chi connectivity index (χ2v) is 5.86. The van der Waals surface area contributed by atoms with Gasteiger partial charge in [0.15, 0.2) is 24.1 Å². The maximum absolute atomic E-state index is 12.3. The third kappa shape index (κ3) is 9.24. The van der Waals surface area contributed by atoms with Crippen LogP contribution >= 0.6 is 24.0 Å². The van der Waals surface area contributed by atoms with Gasteiger partial charge in [-0.15, -0.1) is 24.0 Å². The second kappa shape index (κ2) is 12.4. The SMILES string of the molecule is CN=C(NCCCn1cccn1)NCc1ccc(OCC(F)(F)F)c(OC)c1.I. The number of alkyl halides is 3. The minimum atomic E-state index is -4.40. The summed E-state index contributed by atoms with van der Waals surface area (Å²) in [6.45, 7) is 0.575. The van der Waals surface area contributed by atoms with Crippen LogP contribution in [0.15, 0.2) is 41.7 Å². The summed E-state index contributed by atoms with van der Waals surface area (Å²) in [5, 5.41) is 10.5. The normalized spacial score (nSPS) is 11.6. The Morgan fingerprint density at radius 3 is 2.66 bits per heavy atom. The Morgan fingerprint density at radius 2 is 2.03 bits per heavy atom. The second-order valence-electron chi connectivity index (χ2n) is 5.86. The fraction of sp³-hybridized carbons (Fsp3) is 0.444. The first kappa shape index (κ1) is 24.9. The molecule has 162 valence electrons. The number of rotatable bonds is 9. The average Bonchev–Trinajstić information content (AvgIpc) is 3.19. The van der Waals surface area contributed by atoms with Crippen LogP contribution in [0.1, 0.15) is 12.0 Å². The largest absolute Gasteiger partial charge is 0.493 e. The third-order valence-corrected chi connectivity index (χ3v) is 3.72. The van der Waals surface area contributed by atoms with Crippen molar-refractivity contribution in [2.45, 2.75) is 25.7 Å². The topological polar surface area (TPSA) is 72.7 Å². The molecule has 11 heteroatoms. The van der Waals surface area contributed by atoms with Gasteiger partial charge in [-0.25, -0.2) is 0 Å². The number of benzene rings is 1. The number of guanidine groups is 1. The number of aromatic nitrogens is 2. The Labute approximate surface area is 184 Å². The minimum Gasteiger partial charge on any atom is -0.493 e. The van der Waals surface area contributed by atoms with Crippen LogP contribution in [0.25, 0.3) is 0 Å². The van der Waals surface area contributed by atoms with Gasteiger partial charge in [-0.05, 0) is 30.2 Å². The molecule has 2 rings (SSSR count). The molecule has 0 aliphatic rings. The molecule has 0 bridgehead atoms. The molecule has 1 aromatic heterocycles. The van der Waals surface area contributed by atoms with E-state index < -0.39 is 12.8 Å². The molecular weight excluding hydrogens is 502 g/mol. The molecule has 2 N–H and O–H groups in total. The van der Waals surface area contributed by atoms with Gasteiger partial charge in [0, 0.05) is 39.1 Å². The fourth-order valence-corrected chi connectivity index (χ4v) is 2.39. The number of ether oxygens (including phenoxy) is 2. The van der Waals surface area contributed by atoms with Gasteiger partial charge < -0.3 is 20.1 Å². The Balaban J connectivity index is 0.00000420. The smallest absolute Gasteiger partial charge is 0.422 e. The first-order valence-corrected chi connectivity index (χ1v) is 8.69. The van der Waals surface area contributed by atoms with Crippen LogP contribution in [0.4, 0.5) is 13.2 Å². The Morgan fingerprint density at radius 1 is 1.24 bits per heavy atom. The monoisotopic (exact) mass is 527 g/mol. The number of hydrogen-bond donors (Lipinski definition) is 2. The van der Waals surface area contributed by atoms with Crippen molar-refractivity contribution in [3.05, 3.63) is 42.2 Å². The van der Waals surface area contributed by atoms with Crippen molar-refractivity contribution in [1.29, 1.82) is 0 Å². The van der Waals surface area contributed by atoms with Gasteiger partial charge in [-0.1, -0.05) is 6.07 Å². The highest BCUT2D eigenvalue weighted by molar-refractivity contribution is 14.0. The number of nitrogens with one attached hydrogen (secondary N) is 2. The number of nitrogens with zero attached hydrogens (tertiary/aromatic N) is 3. The van der Waals surface area contributed by atoms with E-state index in [4.69, 9.17) is 9.47 Å². The van der Waals surface area contributed by atoms with Crippen LogP contribution in [0, 0.1) is 0 Å². The van der Waals surface area contributed by atoms with Gasteiger partial charge in [-0.2, -0.15) is 18.3 Å². The van der Waals surface area contributed by atoms with Crippen LogP contribution in [0.3, 0.4) is 0 Å². The molecule has 0 aliphatic carbocycles. The van der Waals surface area contributed by atoms with Crippen molar-refractivity contribution < 1.29 is 22.6 Å². The maximum atomic E-state index is 12.3. The highest BCUT2D eigenvalue weighted by Gasteiger charge is 2.29. The summed E-state index contributed by atoms with van der Waals surface area (Å²) in [5.74, 6) is 0.909. The summed E-state index contributed by atoms with van der Waals surface area (Å²) in [6, 6.07) is 6.64. The molecule has 0 spiro atoms. The summed E-state index contributed by atoms with van der Waals surface area (Å²) >= 11 is 0. The Hall–Kier alpha value is -2.18. The van der Waals surface area contributed by atoms with Crippen molar-refractivity contribution in [1.82, 2.24) is 20.4 Å². The van der Waals surface area contributed by atoms with Gasteiger partial charge >= 0.3 is 6.18 Å². The van der Waals surface area contributed by atoms with Crippen LogP contribution in [0.5, 0.6) is 11.5 Å². The minimum absolute atomic E-state index is 0. The number of methoxy groups -OCH3 is 1. The van der Waals surface area contributed by atoms with Crippen molar-refractivity contribution in [3.8, 4) is 11.5 Å². The molecule has 0 unspecified atom stereocenters. The number of aliphatic imine (C=N–C) groups is 1. The van der Waals surface area contributed by atoms with Gasteiger partial charge in [0.2, 0.25) is 0 Å². The third-order valence-electron chi connectivity index (χ3n) is 3.72. The highest BCUT2D eigenvalue weighted by atomic mass is 127. The lowest BCUT2D eigenvalue weighted by atomic mass is 10.2. The lowest BCUT2D eigenvalue weighted by molar-refractivity contribution is -0.153. The molecule has 1 heterocycles. The zero-order valence-corrected chi connectivity index (χ0v) is 18.5. The molecular formula is C18H25F3IN5O2. The summed E-state index contributed by atoms with van der Waals surface area (Å²) in [4.78, 5) is 4.15. The zero-order chi connectivity index (χ0) is 20.4. The molecule has 0 saturated heterocycles. The van der Waals surface area contributed by atoms with Gasteiger partial charge in [-0.3, -0.25) is 9.67 Å². The van der Waals surface area contributed by atoms with Crippen LogP contribution in [0.2, 0.25) is 0 Å². The molecule has 0 fully saturated rings. The zero-order valence-electron chi connectivity index (χ0n) is 16.2. The highest BCUT2D eigenvalue weighted by Crippen LogP contribution is 2.29. The van der Waals surface area contributed by atoms with E-state index in [1.807, 2.05) is 16.9 Å². The summed E-state index contributed by atoms with van der Waals surface area (Å²) in [5.41, 5.74) is 0.815. The Bertz CT molecular complexity index is 754. The van der Waals surface area contributed by atoms with E-state index in [0.717, 1.165) is 18.5 Å². The molecule has 7 nitrogen and oxygen atoms in total. The number of aryl methyl sites for hydroxylation is 1. The molecule has 29 heavy (non-hydrogen) atoms. The van der Waals surface area contributed by atoms with E-state index in [2.05, 4.69) is 20.7 Å². The quantitative estimate of drug-likeness (QED) is 0.227. The van der Waals surface area contributed by atoms with Crippen molar-refractivity contribution in [3.63, 3.8) is 0 Å². The van der Waals surface area contributed by atoms with E-state index >= 15 is 0 Å². The molecule has 0 aliphatic heterocycles. The van der Waals surface area contributed by atoms with Crippen molar-refractivity contribution in [2.75, 3.05) is 27.3 Å². The first-order valence-electron chi connectivity index (χ1n) is 8.69. The van der Waals surface area contributed by atoms with E-state index in [1.165, 1.54) is 13.2 Å². The predicted molar refractivity (Wildman–Crippen MR) is 115 cm³/mol. The predicted octanol–water partition coefficient (Wildman–Crippen LogP) is 3.21. The van der Waals surface area contributed by atoms with Crippen molar-refractivity contribution >= 4 is 29.9 Å². The summed E-state index contributed by atoms with van der Waals surface area (Å²) < 4.78 is 48.7. The van der Waals surface area contributed by atoms with Crippen molar-refractivity contribution in [2.24, 2.45) is 4.99 Å².